The van der Waals surface area contributed by atoms with Gasteiger partial charge in [-0.1, -0.05) is 60.0 Å². The highest BCUT2D eigenvalue weighted by Crippen LogP contribution is 2.22. The van der Waals surface area contributed by atoms with E-state index < -0.39 is 14.1 Å². The van der Waals surface area contributed by atoms with Gasteiger partial charge in [-0.15, -0.1) is 33.2 Å². The number of halogens is 3. The summed E-state index contributed by atoms with van der Waals surface area (Å²) < 4.78 is 0. The van der Waals surface area contributed by atoms with Gasteiger partial charge >= 0.3 is 6.00 Å². The third-order valence-corrected chi connectivity index (χ3v) is 7.04. The first-order chi connectivity index (χ1) is 6.81. The summed E-state index contributed by atoms with van der Waals surface area (Å²) in [5.41, 5.74) is 3.90. The van der Waals surface area contributed by atoms with E-state index in [0.717, 1.165) is 0 Å². The molecule has 15 heavy (non-hydrogen) atoms. The molecule has 1 aromatic rings. The van der Waals surface area contributed by atoms with Crippen LogP contribution in [0.3, 0.4) is 0 Å². The summed E-state index contributed by atoms with van der Waals surface area (Å²) in [7, 11) is -1.59. The molecule has 0 atom stereocenters. The number of benzene rings is 1. The monoisotopic (exact) mass is 294 g/mol. The van der Waals surface area contributed by atoms with Crippen molar-refractivity contribution in [1.82, 2.24) is 0 Å². The lowest BCUT2D eigenvalue weighted by atomic mass is 10.4. The third-order valence-electron chi connectivity index (χ3n) is 2.21. The molecule has 5 heteroatoms. The van der Waals surface area contributed by atoms with E-state index in [1.165, 1.54) is 5.19 Å². The van der Waals surface area contributed by atoms with E-state index in [4.69, 9.17) is 33.2 Å². The second-order valence-corrected chi connectivity index (χ2v) is 16.8. The molecule has 0 saturated heterocycles. The van der Waals surface area contributed by atoms with Crippen molar-refractivity contribution in [2.24, 2.45) is 0 Å². The molecule has 0 radical (unpaired) electrons. The summed E-state index contributed by atoms with van der Waals surface area (Å²) in [6, 6.07) is 7.75. The van der Waals surface area contributed by atoms with Gasteiger partial charge in [0.15, 0.2) is 0 Å². The van der Waals surface area contributed by atoms with Crippen molar-refractivity contribution in [3.8, 4) is 0 Å². The molecule has 1 rings (SSSR count). The van der Waals surface area contributed by atoms with Crippen LogP contribution in [0.25, 0.3) is 0 Å². The maximum absolute atomic E-state index is 5.83. The molecule has 1 aromatic carbocycles. The molecule has 0 nitrogen and oxygen atoms in total. The summed E-state index contributed by atoms with van der Waals surface area (Å²) >= 11 is 17.5. The van der Waals surface area contributed by atoms with Crippen molar-refractivity contribution < 1.29 is 0 Å². The van der Waals surface area contributed by atoms with Crippen LogP contribution in [0.1, 0.15) is 0 Å². The van der Waals surface area contributed by atoms with Gasteiger partial charge in [-0.3, -0.25) is 0 Å². The fraction of sp³-hybridized carbons (Fsp3) is 0.200. The molecule has 0 N–H and O–H groups in total. The molecule has 82 valence electrons. The standard InChI is InChI=1S/C10H13Cl3Si2/c1-14(2,8-9-15(11,12)13)10-6-4-3-5-7-10/h3-9H,1-2H3/b9-8+. The van der Waals surface area contributed by atoms with Crippen LogP contribution in [0.5, 0.6) is 0 Å². The quantitative estimate of drug-likeness (QED) is 0.586. The fourth-order valence-electron chi connectivity index (χ4n) is 1.27. The second-order valence-electron chi connectivity index (χ2n) is 3.96. The molecule has 0 aliphatic carbocycles. The number of rotatable bonds is 3. The smallest absolute Gasteiger partial charge is 0.121 e. The van der Waals surface area contributed by atoms with Crippen LogP contribution in [0.4, 0.5) is 0 Å². The second kappa shape index (κ2) is 5.06. The lowest BCUT2D eigenvalue weighted by Gasteiger charge is -2.18. The van der Waals surface area contributed by atoms with E-state index in [0.29, 0.717) is 0 Å². The Morgan fingerprint density at radius 3 is 1.93 bits per heavy atom. The van der Waals surface area contributed by atoms with E-state index in [9.17, 15) is 0 Å². The van der Waals surface area contributed by atoms with E-state index in [1.54, 1.807) is 5.70 Å². The van der Waals surface area contributed by atoms with Crippen LogP contribution in [0.2, 0.25) is 13.1 Å². The summed E-state index contributed by atoms with van der Waals surface area (Å²) in [5, 5.41) is 1.35. The van der Waals surface area contributed by atoms with Crippen molar-refractivity contribution in [3.63, 3.8) is 0 Å². The zero-order valence-corrected chi connectivity index (χ0v) is 12.9. The minimum atomic E-state index is -2.63. The van der Waals surface area contributed by atoms with E-state index >= 15 is 0 Å². The van der Waals surface area contributed by atoms with Crippen molar-refractivity contribution in [2.75, 3.05) is 0 Å². The minimum Gasteiger partial charge on any atom is -0.121 e. The predicted octanol–water partition coefficient (Wildman–Crippen LogP) is 3.89. The Balaban J connectivity index is 2.90. The lowest BCUT2D eigenvalue weighted by Crippen LogP contribution is -2.39. The zero-order valence-electron chi connectivity index (χ0n) is 8.68. The number of hydrogen-bond acceptors (Lipinski definition) is 0. The Hall–Kier alpha value is 0.264. The molecular formula is C10H13Cl3Si2. The minimum absolute atomic E-state index is 1.35. The molecule has 0 fully saturated rings. The van der Waals surface area contributed by atoms with Crippen LogP contribution < -0.4 is 5.19 Å². The van der Waals surface area contributed by atoms with Crippen LogP contribution in [-0.2, 0) is 0 Å². The topological polar surface area (TPSA) is 0 Å². The zero-order chi connectivity index (χ0) is 11.5. The largest absolute Gasteiger partial charge is 0.365 e. The van der Waals surface area contributed by atoms with Gasteiger partial charge in [0.1, 0.15) is 8.07 Å². The van der Waals surface area contributed by atoms with Crippen LogP contribution >= 0.6 is 33.2 Å². The molecule has 0 heterocycles. The molecule has 0 aliphatic rings. The van der Waals surface area contributed by atoms with Gasteiger partial charge in [0.25, 0.3) is 0 Å². The number of hydrogen-bond donors (Lipinski definition) is 0. The molecular weight excluding hydrogens is 283 g/mol. The summed E-state index contributed by atoms with van der Waals surface area (Å²) in [6.45, 7) is 4.48. The Labute approximate surface area is 107 Å². The SMILES string of the molecule is C[Si](C)(/C=C/[Si](Cl)(Cl)Cl)c1ccccc1. The van der Waals surface area contributed by atoms with E-state index in [1.807, 2.05) is 18.2 Å². The maximum Gasteiger partial charge on any atom is 0.365 e. The molecule has 0 spiro atoms. The average molecular weight is 296 g/mol. The lowest BCUT2D eigenvalue weighted by molar-refractivity contribution is 1.71. The van der Waals surface area contributed by atoms with E-state index in [2.05, 4.69) is 30.9 Å². The van der Waals surface area contributed by atoms with Gasteiger partial charge in [0, 0.05) is 0 Å². The highest BCUT2D eigenvalue weighted by Gasteiger charge is 2.25. The van der Waals surface area contributed by atoms with Crippen LogP contribution in [-0.4, -0.2) is 14.1 Å². The van der Waals surface area contributed by atoms with Crippen LogP contribution in [0.15, 0.2) is 41.7 Å². The Bertz CT molecular complexity index is 341. The first-order valence-electron chi connectivity index (χ1n) is 4.64. The first kappa shape index (κ1) is 13.3. The van der Waals surface area contributed by atoms with Gasteiger partial charge in [-0.2, -0.15) is 0 Å². The fourth-order valence-corrected chi connectivity index (χ4v) is 6.63. The maximum atomic E-state index is 5.83. The first-order valence-corrected chi connectivity index (χ1v) is 12.8. The summed E-state index contributed by atoms with van der Waals surface area (Å²) in [6.07, 6.45) is 0. The average Bonchev–Trinajstić information content (AvgIpc) is 2.16. The van der Waals surface area contributed by atoms with Crippen molar-refractivity contribution >= 4 is 52.5 Å². The molecule has 0 unspecified atom stereocenters. The van der Waals surface area contributed by atoms with E-state index in [-0.39, 0.29) is 0 Å². The Kier molecular flexibility index (Phi) is 4.50. The van der Waals surface area contributed by atoms with Gasteiger partial charge in [-0.25, -0.2) is 0 Å². The van der Waals surface area contributed by atoms with Gasteiger partial charge in [0.05, 0.1) is 0 Å². The van der Waals surface area contributed by atoms with Gasteiger partial charge in [0.2, 0.25) is 0 Å². The van der Waals surface area contributed by atoms with Gasteiger partial charge in [-0.05, 0) is 0 Å². The summed E-state index contributed by atoms with van der Waals surface area (Å²) in [4.78, 5) is 0. The third kappa shape index (κ3) is 4.74. The molecule has 0 saturated carbocycles. The Morgan fingerprint density at radius 2 is 1.47 bits per heavy atom. The van der Waals surface area contributed by atoms with Crippen molar-refractivity contribution in [2.45, 2.75) is 13.1 Å². The molecule has 0 aromatic heterocycles. The van der Waals surface area contributed by atoms with Crippen LogP contribution in [0, 0.1) is 0 Å². The molecule has 0 bridgehead atoms. The van der Waals surface area contributed by atoms with Crippen molar-refractivity contribution in [3.05, 3.63) is 41.7 Å². The summed E-state index contributed by atoms with van der Waals surface area (Å²) in [5.74, 6) is 0. The molecule has 0 aliphatic heterocycles. The highest BCUT2D eigenvalue weighted by atomic mass is 35.8. The normalized spacial score (nSPS) is 13.4. The predicted molar refractivity (Wildman–Crippen MR) is 76.0 cm³/mol. The highest BCUT2D eigenvalue weighted by molar-refractivity contribution is 7.66. The van der Waals surface area contributed by atoms with Crippen molar-refractivity contribution in [1.29, 1.82) is 0 Å². The molecule has 0 amide bonds. The van der Waals surface area contributed by atoms with Gasteiger partial charge < -0.3 is 0 Å². The Morgan fingerprint density at radius 1 is 0.933 bits per heavy atom.